The third-order valence-corrected chi connectivity index (χ3v) is 6.65. The highest BCUT2D eigenvalue weighted by Crippen LogP contribution is 2.30. The second-order valence-corrected chi connectivity index (χ2v) is 9.07. The molecule has 0 spiro atoms. The fourth-order valence-corrected chi connectivity index (χ4v) is 4.67. The van der Waals surface area contributed by atoms with Crippen LogP contribution in [0.4, 0.5) is 5.69 Å². The second kappa shape index (κ2) is 9.23. The molecule has 0 unspecified atom stereocenters. The van der Waals surface area contributed by atoms with Crippen LogP contribution in [-0.2, 0) is 13.1 Å². The summed E-state index contributed by atoms with van der Waals surface area (Å²) in [4.78, 5) is 10.8. The van der Waals surface area contributed by atoms with E-state index >= 15 is 0 Å². The molecule has 166 valence electrons. The molecule has 32 heavy (non-hydrogen) atoms. The Bertz CT molecular complexity index is 1060. The summed E-state index contributed by atoms with van der Waals surface area (Å²) in [5.74, 6) is 0. The molecule has 1 aromatic heterocycles. The minimum atomic E-state index is 0.230. The van der Waals surface area contributed by atoms with Gasteiger partial charge in [0, 0.05) is 68.1 Å². The van der Waals surface area contributed by atoms with E-state index in [0.29, 0.717) is 0 Å². The molecule has 3 aromatic rings. The minimum absolute atomic E-state index is 0.230. The molecule has 5 nitrogen and oxygen atoms in total. The van der Waals surface area contributed by atoms with Crippen LogP contribution in [0.3, 0.4) is 0 Å². The van der Waals surface area contributed by atoms with Crippen LogP contribution in [0, 0.1) is 0 Å². The van der Waals surface area contributed by atoms with E-state index in [-0.39, 0.29) is 6.04 Å². The molecule has 2 aliphatic rings. The Morgan fingerprint density at radius 3 is 2.59 bits per heavy atom. The predicted octanol–water partition coefficient (Wildman–Crippen LogP) is 4.43. The fraction of sp³-hybridized carbons (Fsp3) is 0.333. The first-order valence-corrected chi connectivity index (χ1v) is 11.6. The maximum Gasteiger partial charge on any atom is 0.0634 e. The topological polar surface area (TPSA) is 37.5 Å². The molecule has 3 heterocycles. The Morgan fingerprint density at radius 1 is 0.969 bits per heavy atom. The Kier molecular flexibility index (Phi) is 6.02. The van der Waals surface area contributed by atoms with Crippen LogP contribution in [0.1, 0.15) is 35.3 Å². The Morgan fingerprint density at radius 2 is 1.78 bits per heavy atom. The quantitative estimate of drug-likeness (QED) is 0.610. The Balaban J connectivity index is 1.36. The van der Waals surface area contributed by atoms with E-state index in [0.717, 1.165) is 45.0 Å². The van der Waals surface area contributed by atoms with E-state index in [4.69, 9.17) is 0 Å². The molecule has 0 amide bonds. The summed E-state index contributed by atoms with van der Waals surface area (Å²) in [7, 11) is 2.21. The van der Waals surface area contributed by atoms with Crippen molar-refractivity contribution in [2.24, 2.45) is 0 Å². The number of likely N-dealkylation sites (N-methyl/N-ethyl adjacent to an activating group) is 1. The van der Waals surface area contributed by atoms with Crippen molar-refractivity contribution in [2.45, 2.75) is 26.1 Å². The third kappa shape index (κ3) is 4.59. The zero-order chi connectivity index (χ0) is 21.9. The molecule has 0 bridgehead atoms. The number of benzene rings is 2. The number of fused-ring (bicyclic) bond motifs is 1. The van der Waals surface area contributed by atoms with Gasteiger partial charge in [-0.15, -0.1) is 0 Å². The van der Waals surface area contributed by atoms with Crippen LogP contribution in [0.2, 0.25) is 0 Å². The zero-order valence-electron chi connectivity index (χ0n) is 19.1. The Labute approximate surface area is 191 Å². The summed E-state index contributed by atoms with van der Waals surface area (Å²) >= 11 is 0. The van der Waals surface area contributed by atoms with Gasteiger partial charge < -0.3 is 20.1 Å². The number of piperazine rings is 1. The van der Waals surface area contributed by atoms with Gasteiger partial charge in [-0.05, 0) is 43.3 Å². The summed E-state index contributed by atoms with van der Waals surface area (Å²) in [5.41, 5.74) is 7.58. The monoisotopic (exact) mass is 427 g/mol. The molecule has 1 saturated heterocycles. The molecule has 0 radical (unpaired) electrons. The smallest absolute Gasteiger partial charge is 0.0634 e. The van der Waals surface area contributed by atoms with Gasteiger partial charge in [0.1, 0.15) is 0 Å². The average molecular weight is 428 g/mol. The molecule has 5 rings (SSSR count). The minimum Gasteiger partial charge on any atom is -0.377 e. The summed E-state index contributed by atoms with van der Waals surface area (Å²) in [6.45, 7) is 8.67. The fourth-order valence-electron chi connectivity index (χ4n) is 4.67. The number of H-pyrrole nitrogens is 1. The van der Waals surface area contributed by atoms with Crippen molar-refractivity contribution in [2.75, 3.05) is 38.1 Å². The van der Waals surface area contributed by atoms with Crippen molar-refractivity contribution >= 4 is 11.4 Å². The molecule has 2 aliphatic heterocycles. The van der Waals surface area contributed by atoms with E-state index in [1.54, 1.807) is 0 Å². The van der Waals surface area contributed by atoms with E-state index in [2.05, 4.69) is 106 Å². The number of nitrogens with zero attached hydrogens (tertiary/aromatic N) is 3. The van der Waals surface area contributed by atoms with Crippen molar-refractivity contribution < 1.29 is 0 Å². The normalized spacial score (nSPS) is 18.2. The highest BCUT2D eigenvalue weighted by molar-refractivity contribution is 5.73. The van der Waals surface area contributed by atoms with Crippen molar-refractivity contribution in [1.29, 1.82) is 0 Å². The highest BCUT2D eigenvalue weighted by atomic mass is 15.2. The van der Waals surface area contributed by atoms with Gasteiger partial charge in [0.2, 0.25) is 0 Å². The molecule has 2 aromatic carbocycles. The van der Waals surface area contributed by atoms with E-state index in [1.807, 2.05) is 6.20 Å². The number of hydrogen-bond acceptors (Lipinski definition) is 4. The standard InChI is InChI=1S/C27H33N5/c1-21(23-8-4-3-5-9-23)29-27-20-32(19-26-25(27)11-12-28-26)24-10-6-7-22(17-24)18-31-15-13-30(2)14-16-31/h3-12,17,20-21,28-29H,13-16,18-19H2,1-2H3/t21-/m1/s1. The maximum atomic E-state index is 3.75. The average Bonchev–Trinajstić information content (AvgIpc) is 3.30. The lowest BCUT2D eigenvalue weighted by atomic mass is 10.0. The van der Waals surface area contributed by atoms with E-state index < -0.39 is 0 Å². The van der Waals surface area contributed by atoms with Gasteiger partial charge in [-0.3, -0.25) is 4.90 Å². The van der Waals surface area contributed by atoms with Crippen LogP contribution >= 0.6 is 0 Å². The van der Waals surface area contributed by atoms with Gasteiger partial charge in [-0.2, -0.15) is 0 Å². The lowest BCUT2D eigenvalue weighted by molar-refractivity contribution is 0.148. The first-order chi connectivity index (χ1) is 15.7. The van der Waals surface area contributed by atoms with Gasteiger partial charge in [0.15, 0.2) is 0 Å². The van der Waals surface area contributed by atoms with Gasteiger partial charge in [-0.25, -0.2) is 0 Å². The predicted molar refractivity (Wildman–Crippen MR) is 132 cm³/mol. The van der Waals surface area contributed by atoms with Crippen molar-refractivity contribution in [1.82, 2.24) is 20.1 Å². The Hall–Kier alpha value is -3.02. The van der Waals surface area contributed by atoms with Gasteiger partial charge in [-0.1, -0.05) is 42.5 Å². The third-order valence-electron chi connectivity index (χ3n) is 6.65. The summed E-state index contributed by atoms with van der Waals surface area (Å²) in [5, 5.41) is 3.75. The van der Waals surface area contributed by atoms with Gasteiger partial charge in [0.05, 0.1) is 12.2 Å². The highest BCUT2D eigenvalue weighted by Gasteiger charge is 2.21. The molecule has 0 saturated carbocycles. The summed E-state index contributed by atoms with van der Waals surface area (Å²) in [6, 6.07) is 22.0. The first kappa shape index (κ1) is 20.9. The first-order valence-electron chi connectivity index (χ1n) is 11.6. The number of anilines is 1. The molecule has 1 atom stereocenters. The molecule has 1 fully saturated rings. The number of nitrogens with one attached hydrogen (secondary N) is 2. The molecular formula is C27H33N5. The zero-order valence-corrected chi connectivity index (χ0v) is 19.1. The summed E-state index contributed by atoms with van der Waals surface area (Å²) in [6.07, 6.45) is 4.31. The van der Waals surface area contributed by atoms with Crippen molar-refractivity contribution in [3.8, 4) is 0 Å². The summed E-state index contributed by atoms with van der Waals surface area (Å²) < 4.78 is 0. The SMILES string of the molecule is C[C@@H](NC1=CN(c2cccc(CN3CCN(C)CC3)c2)Cc2[nH]ccc21)c1ccccc1. The molecule has 5 heteroatoms. The van der Waals surface area contributed by atoms with Crippen LogP contribution in [-0.4, -0.2) is 48.0 Å². The number of aromatic amines is 1. The maximum absolute atomic E-state index is 3.75. The largest absolute Gasteiger partial charge is 0.377 e. The lowest BCUT2D eigenvalue weighted by Gasteiger charge is -2.33. The lowest BCUT2D eigenvalue weighted by Crippen LogP contribution is -2.43. The van der Waals surface area contributed by atoms with Crippen molar-refractivity contribution in [3.05, 3.63) is 95.4 Å². The van der Waals surface area contributed by atoms with E-state index in [9.17, 15) is 0 Å². The number of hydrogen-bond donors (Lipinski definition) is 2. The molecule has 2 N–H and O–H groups in total. The van der Waals surface area contributed by atoms with Crippen LogP contribution in [0.25, 0.3) is 5.70 Å². The molecular weight excluding hydrogens is 394 g/mol. The second-order valence-electron chi connectivity index (χ2n) is 9.07. The van der Waals surface area contributed by atoms with Gasteiger partial charge >= 0.3 is 0 Å². The van der Waals surface area contributed by atoms with Crippen LogP contribution < -0.4 is 10.2 Å². The van der Waals surface area contributed by atoms with E-state index in [1.165, 1.54) is 28.1 Å². The number of rotatable bonds is 6. The molecule has 0 aliphatic carbocycles. The van der Waals surface area contributed by atoms with Crippen molar-refractivity contribution in [3.63, 3.8) is 0 Å². The number of aromatic nitrogens is 1. The van der Waals surface area contributed by atoms with Crippen LogP contribution in [0.5, 0.6) is 0 Å². The van der Waals surface area contributed by atoms with Crippen LogP contribution in [0.15, 0.2) is 73.1 Å². The van der Waals surface area contributed by atoms with Gasteiger partial charge in [0.25, 0.3) is 0 Å².